The van der Waals surface area contributed by atoms with Crippen LogP contribution in [-0.4, -0.2) is 35.7 Å². The minimum absolute atomic E-state index is 0.0107. The Labute approximate surface area is 79.7 Å². The second kappa shape index (κ2) is 5.19. The zero-order valence-corrected chi connectivity index (χ0v) is 8.85. The number of carbonyl (C=O) groups excluding carboxylic acids is 1. The first kappa shape index (κ1) is 12.4. The Kier molecular flexibility index (Phi) is 4.95. The average Bonchev–Trinajstić information content (AvgIpc) is 2.04. The van der Waals surface area contributed by atoms with Gasteiger partial charge < -0.3 is 10.4 Å². The molecule has 0 aromatic heterocycles. The first-order valence-corrected chi connectivity index (χ1v) is 4.59. The first-order chi connectivity index (χ1) is 5.93. The molecule has 0 rings (SSSR count). The van der Waals surface area contributed by atoms with Crippen LogP contribution in [0.25, 0.3) is 0 Å². The monoisotopic (exact) mass is 188 g/mol. The SMILES string of the molecule is CCNC(=O)C(C)NC(C)(C)CO. The summed E-state index contributed by atoms with van der Waals surface area (Å²) in [5.74, 6) is -0.0379. The van der Waals surface area contributed by atoms with Gasteiger partial charge in [-0.3, -0.25) is 10.1 Å². The van der Waals surface area contributed by atoms with E-state index in [1.807, 2.05) is 20.8 Å². The highest BCUT2D eigenvalue weighted by atomic mass is 16.3. The molecule has 0 fully saturated rings. The van der Waals surface area contributed by atoms with Gasteiger partial charge >= 0.3 is 0 Å². The van der Waals surface area contributed by atoms with Gasteiger partial charge in [0, 0.05) is 12.1 Å². The molecule has 1 amide bonds. The van der Waals surface area contributed by atoms with Crippen molar-refractivity contribution in [2.75, 3.05) is 13.2 Å². The lowest BCUT2D eigenvalue weighted by Crippen LogP contribution is -2.53. The maximum atomic E-state index is 11.3. The summed E-state index contributed by atoms with van der Waals surface area (Å²) >= 11 is 0. The lowest BCUT2D eigenvalue weighted by molar-refractivity contribution is -0.123. The van der Waals surface area contributed by atoms with Crippen molar-refractivity contribution in [2.24, 2.45) is 0 Å². The quantitative estimate of drug-likeness (QED) is 0.563. The van der Waals surface area contributed by atoms with E-state index in [1.165, 1.54) is 0 Å². The van der Waals surface area contributed by atoms with E-state index in [2.05, 4.69) is 10.6 Å². The van der Waals surface area contributed by atoms with Crippen LogP contribution in [0.15, 0.2) is 0 Å². The van der Waals surface area contributed by atoms with Gasteiger partial charge in [0.1, 0.15) is 0 Å². The van der Waals surface area contributed by atoms with E-state index in [0.717, 1.165) is 0 Å². The summed E-state index contributed by atoms with van der Waals surface area (Å²) in [4.78, 5) is 11.3. The van der Waals surface area contributed by atoms with Gasteiger partial charge in [-0.2, -0.15) is 0 Å². The van der Waals surface area contributed by atoms with Crippen molar-refractivity contribution in [1.82, 2.24) is 10.6 Å². The Bertz CT molecular complexity index is 169. The Hall–Kier alpha value is -0.610. The molecule has 0 radical (unpaired) electrons. The topological polar surface area (TPSA) is 61.4 Å². The molecule has 4 nitrogen and oxygen atoms in total. The van der Waals surface area contributed by atoms with Crippen LogP contribution < -0.4 is 10.6 Å². The van der Waals surface area contributed by atoms with Crippen LogP contribution in [0.2, 0.25) is 0 Å². The van der Waals surface area contributed by atoms with Crippen molar-refractivity contribution >= 4 is 5.91 Å². The predicted octanol–water partition coefficient (Wildman–Crippen LogP) is -0.128. The third-order valence-corrected chi connectivity index (χ3v) is 1.75. The van der Waals surface area contributed by atoms with Gasteiger partial charge in [-0.1, -0.05) is 0 Å². The van der Waals surface area contributed by atoms with Crippen LogP contribution in [0.1, 0.15) is 27.7 Å². The molecule has 4 heteroatoms. The highest BCUT2D eigenvalue weighted by Crippen LogP contribution is 2.01. The number of amides is 1. The fraction of sp³-hybridized carbons (Fsp3) is 0.889. The summed E-state index contributed by atoms with van der Waals surface area (Å²) in [6.45, 7) is 8.00. The van der Waals surface area contributed by atoms with Crippen molar-refractivity contribution < 1.29 is 9.90 Å². The lowest BCUT2D eigenvalue weighted by Gasteiger charge is -2.27. The second-order valence-electron chi connectivity index (χ2n) is 3.80. The molecule has 3 N–H and O–H groups in total. The Morgan fingerprint density at radius 2 is 2.08 bits per heavy atom. The highest BCUT2D eigenvalue weighted by Gasteiger charge is 2.22. The molecule has 0 aromatic rings. The number of hydrogen-bond donors (Lipinski definition) is 3. The molecule has 0 bridgehead atoms. The normalized spacial score (nSPS) is 13.9. The van der Waals surface area contributed by atoms with E-state index in [9.17, 15) is 4.79 Å². The van der Waals surface area contributed by atoms with Crippen LogP contribution in [0.5, 0.6) is 0 Å². The summed E-state index contributed by atoms with van der Waals surface area (Å²) in [5, 5.41) is 14.7. The van der Waals surface area contributed by atoms with Gasteiger partial charge in [0.15, 0.2) is 0 Å². The molecule has 0 heterocycles. The van der Waals surface area contributed by atoms with E-state index in [-0.39, 0.29) is 18.6 Å². The van der Waals surface area contributed by atoms with E-state index < -0.39 is 5.54 Å². The van der Waals surface area contributed by atoms with Gasteiger partial charge in [-0.15, -0.1) is 0 Å². The molecule has 0 aliphatic heterocycles. The fourth-order valence-electron chi connectivity index (χ4n) is 1.02. The van der Waals surface area contributed by atoms with Crippen molar-refractivity contribution in [1.29, 1.82) is 0 Å². The summed E-state index contributed by atoms with van der Waals surface area (Å²) in [6.07, 6.45) is 0. The third kappa shape index (κ3) is 4.85. The number of hydrogen-bond acceptors (Lipinski definition) is 3. The zero-order chi connectivity index (χ0) is 10.5. The summed E-state index contributed by atoms with van der Waals surface area (Å²) in [7, 11) is 0. The fourth-order valence-corrected chi connectivity index (χ4v) is 1.02. The van der Waals surface area contributed by atoms with Crippen LogP contribution >= 0.6 is 0 Å². The molecule has 0 aliphatic carbocycles. The molecule has 0 saturated heterocycles. The average molecular weight is 188 g/mol. The lowest BCUT2D eigenvalue weighted by atomic mass is 10.1. The van der Waals surface area contributed by atoms with Crippen molar-refractivity contribution in [3.63, 3.8) is 0 Å². The number of aliphatic hydroxyl groups excluding tert-OH is 1. The van der Waals surface area contributed by atoms with Crippen molar-refractivity contribution in [3.8, 4) is 0 Å². The summed E-state index contributed by atoms with van der Waals surface area (Å²) in [6, 6.07) is -0.276. The molecule has 0 aliphatic rings. The van der Waals surface area contributed by atoms with Gasteiger partial charge in [0.2, 0.25) is 5.91 Å². The largest absolute Gasteiger partial charge is 0.394 e. The zero-order valence-electron chi connectivity index (χ0n) is 8.85. The van der Waals surface area contributed by atoms with Gasteiger partial charge in [0.05, 0.1) is 12.6 Å². The van der Waals surface area contributed by atoms with Gasteiger partial charge in [-0.05, 0) is 27.7 Å². The van der Waals surface area contributed by atoms with Gasteiger partial charge in [-0.25, -0.2) is 0 Å². The molecule has 0 aromatic carbocycles. The predicted molar refractivity (Wildman–Crippen MR) is 52.4 cm³/mol. The van der Waals surface area contributed by atoms with Crippen LogP contribution in [-0.2, 0) is 4.79 Å². The van der Waals surface area contributed by atoms with Gasteiger partial charge in [0.25, 0.3) is 0 Å². The molecule has 78 valence electrons. The van der Waals surface area contributed by atoms with Crippen LogP contribution in [0, 0.1) is 0 Å². The number of likely N-dealkylation sites (N-methyl/N-ethyl adjacent to an activating group) is 1. The number of rotatable bonds is 5. The van der Waals surface area contributed by atoms with E-state index in [1.54, 1.807) is 6.92 Å². The molecule has 1 atom stereocenters. The summed E-state index contributed by atoms with van der Waals surface area (Å²) < 4.78 is 0. The van der Waals surface area contributed by atoms with E-state index in [4.69, 9.17) is 5.11 Å². The maximum absolute atomic E-state index is 11.3. The smallest absolute Gasteiger partial charge is 0.236 e. The molecular formula is C9H20N2O2. The second-order valence-corrected chi connectivity index (χ2v) is 3.80. The molecule has 0 saturated carbocycles. The maximum Gasteiger partial charge on any atom is 0.236 e. The number of aliphatic hydroxyl groups is 1. The van der Waals surface area contributed by atoms with Crippen molar-refractivity contribution in [2.45, 2.75) is 39.3 Å². The Morgan fingerprint density at radius 3 is 2.46 bits per heavy atom. The third-order valence-electron chi connectivity index (χ3n) is 1.75. The van der Waals surface area contributed by atoms with E-state index in [0.29, 0.717) is 6.54 Å². The standard InChI is InChI=1S/C9H20N2O2/c1-5-10-8(13)7(2)11-9(3,4)6-12/h7,11-12H,5-6H2,1-4H3,(H,10,13). The molecular weight excluding hydrogens is 168 g/mol. The Balaban J connectivity index is 3.99. The van der Waals surface area contributed by atoms with Crippen LogP contribution in [0.4, 0.5) is 0 Å². The van der Waals surface area contributed by atoms with E-state index >= 15 is 0 Å². The number of nitrogens with one attached hydrogen (secondary N) is 2. The molecule has 13 heavy (non-hydrogen) atoms. The molecule has 1 unspecified atom stereocenters. The van der Waals surface area contributed by atoms with Crippen molar-refractivity contribution in [3.05, 3.63) is 0 Å². The number of carbonyl (C=O) groups is 1. The molecule has 0 spiro atoms. The first-order valence-electron chi connectivity index (χ1n) is 4.59. The Morgan fingerprint density at radius 1 is 1.54 bits per heavy atom. The van der Waals surface area contributed by atoms with Crippen LogP contribution in [0.3, 0.4) is 0 Å². The highest BCUT2D eigenvalue weighted by molar-refractivity contribution is 5.81. The minimum Gasteiger partial charge on any atom is -0.394 e. The summed E-state index contributed by atoms with van der Waals surface area (Å²) in [5.41, 5.74) is -0.412. The minimum atomic E-state index is -0.412.